The van der Waals surface area contributed by atoms with Crippen LogP contribution in [0.4, 0.5) is 5.69 Å². The highest BCUT2D eigenvalue weighted by molar-refractivity contribution is 9.13. The predicted molar refractivity (Wildman–Crippen MR) is 72.9 cm³/mol. The lowest BCUT2D eigenvalue weighted by Gasteiger charge is -1.99. The van der Waals surface area contributed by atoms with Gasteiger partial charge in [-0.15, -0.1) is 0 Å². The third-order valence-electron chi connectivity index (χ3n) is 2.11. The first-order valence-corrected chi connectivity index (χ1v) is 6.61. The molecule has 3 N–H and O–H groups in total. The zero-order valence-electron chi connectivity index (χ0n) is 9.19. The molecule has 0 bridgehead atoms. The molecule has 6 nitrogen and oxygen atoms in total. The van der Waals surface area contributed by atoms with Gasteiger partial charge < -0.3 is 15.5 Å². The van der Waals surface area contributed by atoms with E-state index in [-0.39, 0.29) is 6.54 Å². The largest absolute Gasteiger partial charge is 0.451 e. The summed E-state index contributed by atoms with van der Waals surface area (Å²) in [5.74, 6) is 0.347. The summed E-state index contributed by atoms with van der Waals surface area (Å²) < 4.78 is 8.40. The molecule has 18 heavy (non-hydrogen) atoms. The zero-order valence-corrected chi connectivity index (χ0v) is 12.4. The van der Waals surface area contributed by atoms with Crippen molar-refractivity contribution in [2.24, 2.45) is 5.73 Å². The number of amides is 1. The fourth-order valence-corrected chi connectivity index (χ4v) is 2.03. The van der Waals surface area contributed by atoms with Crippen LogP contribution in [0.15, 0.2) is 32.0 Å². The van der Waals surface area contributed by atoms with Crippen LogP contribution in [0.2, 0.25) is 0 Å². The van der Waals surface area contributed by atoms with Gasteiger partial charge in [0.2, 0.25) is 5.91 Å². The molecule has 2 rings (SSSR count). The second kappa shape index (κ2) is 5.57. The maximum atomic E-state index is 10.7. The molecule has 0 aliphatic rings. The summed E-state index contributed by atoms with van der Waals surface area (Å²) in [4.78, 5) is 10.7. The van der Waals surface area contributed by atoms with Crippen molar-refractivity contribution in [3.8, 4) is 0 Å². The van der Waals surface area contributed by atoms with Crippen molar-refractivity contribution in [3.05, 3.63) is 33.4 Å². The Kier molecular flexibility index (Phi) is 4.07. The van der Waals surface area contributed by atoms with Crippen LogP contribution >= 0.6 is 31.9 Å². The minimum Gasteiger partial charge on any atom is -0.451 e. The van der Waals surface area contributed by atoms with E-state index in [1.54, 1.807) is 12.4 Å². The molecule has 0 spiro atoms. The number of anilines is 1. The highest BCUT2D eigenvalue weighted by atomic mass is 79.9. The number of carbonyl (C=O) groups is 1. The number of nitrogens with one attached hydrogen (secondary N) is 1. The molecule has 2 aromatic rings. The molecular weight excluding hydrogens is 368 g/mol. The van der Waals surface area contributed by atoms with E-state index in [1.165, 1.54) is 4.68 Å². The summed E-state index contributed by atoms with van der Waals surface area (Å²) in [7, 11) is 0. The first kappa shape index (κ1) is 13.2. The summed E-state index contributed by atoms with van der Waals surface area (Å²) in [5.41, 5.74) is 5.86. The topological polar surface area (TPSA) is 86.1 Å². The van der Waals surface area contributed by atoms with Crippen LogP contribution in [-0.4, -0.2) is 15.7 Å². The van der Waals surface area contributed by atoms with Gasteiger partial charge in [0, 0.05) is 6.20 Å². The molecule has 0 saturated carbocycles. The molecule has 2 aromatic heterocycles. The van der Waals surface area contributed by atoms with Gasteiger partial charge in [-0.3, -0.25) is 9.48 Å². The van der Waals surface area contributed by atoms with E-state index in [0.717, 1.165) is 15.9 Å². The average molecular weight is 378 g/mol. The maximum Gasteiger partial charge on any atom is 0.239 e. The van der Waals surface area contributed by atoms with Gasteiger partial charge in [-0.1, -0.05) is 0 Å². The van der Waals surface area contributed by atoms with Crippen LogP contribution in [0.5, 0.6) is 0 Å². The van der Waals surface area contributed by atoms with Crippen molar-refractivity contribution >= 4 is 43.5 Å². The van der Waals surface area contributed by atoms with E-state index in [2.05, 4.69) is 42.3 Å². The first-order chi connectivity index (χ1) is 8.54. The number of halogens is 2. The lowest BCUT2D eigenvalue weighted by atomic mass is 10.4. The standard InChI is InChI=1S/C10H10Br2N4O2/c11-8-1-7(18-10(8)12)3-14-6-2-15-16(4-6)5-9(13)17/h1-2,4,14H,3,5H2,(H2,13,17). The fourth-order valence-electron chi connectivity index (χ4n) is 1.37. The molecule has 0 fully saturated rings. The van der Waals surface area contributed by atoms with Gasteiger partial charge in [0.1, 0.15) is 12.3 Å². The van der Waals surface area contributed by atoms with Gasteiger partial charge in [0.25, 0.3) is 0 Å². The molecule has 8 heteroatoms. The van der Waals surface area contributed by atoms with E-state index in [1.807, 2.05) is 6.07 Å². The maximum absolute atomic E-state index is 10.7. The number of hydrogen-bond donors (Lipinski definition) is 2. The molecule has 0 radical (unpaired) electrons. The average Bonchev–Trinajstić information content (AvgIpc) is 2.84. The van der Waals surface area contributed by atoms with Crippen molar-refractivity contribution in [2.75, 3.05) is 5.32 Å². The Labute approximate surface area is 120 Å². The predicted octanol–water partition coefficient (Wildman–Crippen LogP) is 2.10. The third-order valence-corrected chi connectivity index (χ3v) is 3.82. The summed E-state index contributed by atoms with van der Waals surface area (Å²) in [5, 5.41) is 7.12. The first-order valence-electron chi connectivity index (χ1n) is 5.03. The van der Waals surface area contributed by atoms with Crippen LogP contribution in [0, 0.1) is 0 Å². The Morgan fingerprint density at radius 2 is 2.33 bits per heavy atom. The molecule has 2 heterocycles. The number of hydrogen-bond acceptors (Lipinski definition) is 4. The monoisotopic (exact) mass is 376 g/mol. The van der Waals surface area contributed by atoms with Crippen LogP contribution in [-0.2, 0) is 17.9 Å². The highest BCUT2D eigenvalue weighted by Crippen LogP contribution is 2.27. The van der Waals surface area contributed by atoms with E-state index in [0.29, 0.717) is 11.2 Å². The van der Waals surface area contributed by atoms with Crippen LogP contribution < -0.4 is 11.1 Å². The second-order valence-electron chi connectivity index (χ2n) is 3.58. The van der Waals surface area contributed by atoms with Crippen LogP contribution in [0.1, 0.15) is 5.76 Å². The molecule has 0 unspecified atom stereocenters. The summed E-state index contributed by atoms with van der Waals surface area (Å²) in [6.45, 7) is 0.589. The third kappa shape index (κ3) is 3.36. The molecular formula is C10H10Br2N4O2. The summed E-state index contributed by atoms with van der Waals surface area (Å²) >= 11 is 6.60. The van der Waals surface area contributed by atoms with Crippen molar-refractivity contribution in [3.63, 3.8) is 0 Å². The SMILES string of the molecule is NC(=O)Cn1cc(NCc2cc(Br)c(Br)o2)cn1. The second-order valence-corrected chi connectivity index (χ2v) is 5.16. The Bertz CT molecular complexity index is 544. The van der Waals surface area contributed by atoms with Gasteiger partial charge in [-0.25, -0.2) is 0 Å². The van der Waals surface area contributed by atoms with Crippen molar-refractivity contribution in [1.82, 2.24) is 9.78 Å². The van der Waals surface area contributed by atoms with Crippen LogP contribution in [0.3, 0.4) is 0 Å². The number of furan rings is 1. The minimum atomic E-state index is -0.427. The number of rotatable bonds is 5. The van der Waals surface area contributed by atoms with E-state index < -0.39 is 5.91 Å². The van der Waals surface area contributed by atoms with Gasteiger partial charge >= 0.3 is 0 Å². The van der Waals surface area contributed by atoms with Gasteiger partial charge in [-0.2, -0.15) is 5.10 Å². The van der Waals surface area contributed by atoms with Crippen LogP contribution in [0.25, 0.3) is 0 Å². The minimum absolute atomic E-state index is 0.0690. The molecule has 0 atom stereocenters. The van der Waals surface area contributed by atoms with Crippen molar-refractivity contribution in [1.29, 1.82) is 0 Å². The quantitative estimate of drug-likeness (QED) is 0.835. The van der Waals surface area contributed by atoms with E-state index in [9.17, 15) is 4.79 Å². The van der Waals surface area contributed by atoms with Crippen molar-refractivity contribution < 1.29 is 9.21 Å². The normalized spacial score (nSPS) is 10.6. The number of carbonyl (C=O) groups excluding carboxylic acids is 1. The highest BCUT2D eigenvalue weighted by Gasteiger charge is 2.06. The number of nitrogens with zero attached hydrogens (tertiary/aromatic N) is 2. The summed E-state index contributed by atoms with van der Waals surface area (Å²) in [6, 6.07) is 1.87. The molecule has 0 aliphatic heterocycles. The van der Waals surface area contributed by atoms with Gasteiger partial charge in [0.05, 0.1) is 22.9 Å². The molecule has 0 aliphatic carbocycles. The van der Waals surface area contributed by atoms with Gasteiger partial charge in [-0.05, 0) is 37.9 Å². The molecule has 0 aromatic carbocycles. The van der Waals surface area contributed by atoms with Gasteiger partial charge in [0.15, 0.2) is 4.67 Å². The Balaban J connectivity index is 1.93. The Morgan fingerprint density at radius 1 is 1.56 bits per heavy atom. The van der Waals surface area contributed by atoms with E-state index in [4.69, 9.17) is 10.2 Å². The Morgan fingerprint density at radius 3 is 2.94 bits per heavy atom. The number of nitrogens with two attached hydrogens (primary N) is 1. The van der Waals surface area contributed by atoms with E-state index >= 15 is 0 Å². The fraction of sp³-hybridized carbons (Fsp3) is 0.200. The number of aromatic nitrogens is 2. The molecule has 1 amide bonds. The number of primary amides is 1. The molecule has 96 valence electrons. The zero-order chi connectivity index (χ0) is 13.1. The lowest BCUT2D eigenvalue weighted by molar-refractivity contribution is -0.118. The smallest absolute Gasteiger partial charge is 0.239 e. The Hall–Kier alpha value is -1.28. The molecule has 0 saturated heterocycles. The van der Waals surface area contributed by atoms with Crippen molar-refractivity contribution in [2.45, 2.75) is 13.1 Å². The summed E-state index contributed by atoms with van der Waals surface area (Å²) in [6.07, 6.45) is 3.33. The lowest BCUT2D eigenvalue weighted by Crippen LogP contribution is -2.18.